The second-order valence-corrected chi connectivity index (χ2v) is 4.74. The van der Waals surface area contributed by atoms with Crippen LogP contribution in [-0.4, -0.2) is 22.1 Å². The van der Waals surface area contributed by atoms with Crippen molar-refractivity contribution in [3.63, 3.8) is 0 Å². The average Bonchev–Trinajstić information content (AvgIpc) is 2.35. The van der Waals surface area contributed by atoms with Crippen molar-refractivity contribution in [1.29, 1.82) is 0 Å². The standard InChI is InChI=1S/C13H15NOS/c1-16-8-6-13(15)11-4-5-12-10(9-11)3-2-7-14-12/h2-5,7,9,13,15H,6,8H2,1H3. The maximum absolute atomic E-state index is 9.98. The number of benzene rings is 1. The van der Waals surface area contributed by atoms with Crippen LogP contribution in [0.5, 0.6) is 0 Å². The summed E-state index contributed by atoms with van der Waals surface area (Å²) in [5, 5.41) is 11.1. The van der Waals surface area contributed by atoms with E-state index in [2.05, 4.69) is 11.2 Å². The van der Waals surface area contributed by atoms with Gasteiger partial charge in [0.1, 0.15) is 0 Å². The van der Waals surface area contributed by atoms with Crippen LogP contribution in [0.15, 0.2) is 36.5 Å². The predicted octanol–water partition coefficient (Wildman–Crippen LogP) is 3.02. The van der Waals surface area contributed by atoms with Crippen molar-refractivity contribution >= 4 is 22.7 Å². The zero-order valence-electron chi connectivity index (χ0n) is 9.26. The molecule has 1 unspecified atom stereocenters. The third-order valence-electron chi connectivity index (χ3n) is 2.61. The largest absolute Gasteiger partial charge is 0.388 e. The van der Waals surface area contributed by atoms with Crippen molar-refractivity contribution in [3.8, 4) is 0 Å². The molecule has 0 saturated carbocycles. The highest BCUT2D eigenvalue weighted by molar-refractivity contribution is 7.98. The Labute approximate surface area is 99.7 Å². The Bertz CT molecular complexity index is 472. The first kappa shape index (κ1) is 11.4. The molecule has 1 aromatic heterocycles. The Morgan fingerprint density at radius 2 is 2.25 bits per heavy atom. The van der Waals surface area contributed by atoms with Crippen molar-refractivity contribution in [1.82, 2.24) is 4.98 Å². The molecule has 2 nitrogen and oxygen atoms in total. The molecule has 0 aliphatic rings. The lowest BCUT2D eigenvalue weighted by Gasteiger charge is -2.10. The lowest BCUT2D eigenvalue weighted by Crippen LogP contribution is -1.98. The lowest BCUT2D eigenvalue weighted by atomic mass is 10.0. The molecule has 0 spiro atoms. The molecule has 3 heteroatoms. The fourth-order valence-corrected chi connectivity index (χ4v) is 2.16. The van der Waals surface area contributed by atoms with E-state index < -0.39 is 0 Å². The molecule has 1 atom stereocenters. The van der Waals surface area contributed by atoms with Gasteiger partial charge in [0.15, 0.2) is 0 Å². The number of rotatable bonds is 4. The average molecular weight is 233 g/mol. The second-order valence-electron chi connectivity index (χ2n) is 3.75. The number of hydrogen-bond donors (Lipinski definition) is 1. The van der Waals surface area contributed by atoms with Crippen molar-refractivity contribution < 1.29 is 5.11 Å². The van der Waals surface area contributed by atoms with Gasteiger partial charge in [-0.25, -0.2) is 0 Å². The van der Waals surface area contributed by atoms with E-state index in [1.165, 1.54) is 0 Å². The minimum absolute atomic E-state index is 0.364. The summed E-state index contributed by atoms with van der Waals surface area (Å²) in [6.07, 6.45) is 4.27. The van der Waals surface area contributed by atoms with E-state index in [1.54, 1.807) is 18.0 Å². The predicted molar refractivity (Wildman–Crippen MR) is 69.7 cm³/mol. The lowest BCUT2D eigenvalue weighted by molar-refractivity contribution is 0.175. The van der Waals surface area contributed by atoms with Crippen LogP contribution in [0.4, 0.5) is 0 Å². The first-order chi connectivity index (χ1) is 7.81. The van der Waals surface area contributed by atoms with Gasteiger partial charge in [0, 0.05) is 11.6 Å². The first-order valence-electron chi connectivity index (χ1n) is 5.33. The molecular weight excluding hydrogens is 218 g/mol. The number of aliphatic hydroxyl groups excluding tert-OH is 1. The SMILES string of the molecule is CSCCC(O)c1ccc2ncccc2c1. The molecule has 2 aromatic rings. The number of pyridine rings is 1. The van der Waals surface area contributed by atoms with E-state index in [0.29, 0.717) is 0 Å². The molecule has 1 N–H and O–H groups in total. The molecule has 1 heterocycles. The third kappa shape index (κ3) is 2.54. The van der Waals surface area contributed by atoms with Gasteiger partial charge < -0.3 is 5.11 Å². The number of thioether (sulfide) groups is 1. The Balaban J connectivity index is 2.25. The molecule has 0 saturated heterocycles. The van der Waals surface area contributed by atoms with Gasteiger partial charge in [-0.2, -0.15) is 11.8 Å². The molecule has 0 bridgehead atoms. The third-order valence-corrected chi connectivity index (χ3v) is 3.25. The van der Waals surface area contributed by atoms with Gasteiger partial charge in [-0.15, -0.1) is 0 Å². The first-order valence-corrected chi connectivity index (χ1v) is 6.72. The van der Waals surface area contributed by atoms with Crippen LogP contribution in [0.1, 0.15) is 18.1 Å². The van der Waals surface area contributed by atoms with Crippen molar-refractivity contribution in [2.45, 2.75) is 12.5 Å². The summed E-state index contributed by atoms with van der Waals surface area (Å²) < 4.78 is 0. The smallest absolute Gasteiger partial charge is 0.0798 e. The second kappa shape index (κ2) is 5.32. The normalized spacial score (nSPS) is 12.9. The number of hydrogen-bond acceptors (Lipinski definition) is 3. The van der Waals surface area contributed by atoms with Crippen LogP contribution in [0.3, 0.4) is 0 Å². The number of aliphatic hydroxyl groups is 1. The molecule has 2 rings (SSSR count). The van der Waals surface area contributed by atoms with Gasteiger partial charge in [0.05, 0.1) is 11.6 Å². The molecule has 0 fully saturated rings. The topological polar surface area (TPSA) is 33.1 Å². The molecular formula is C13H15NOS. The van der Waals surface area contributed by atoms with Crippen LogP contribution in [0.25, 0.3) is 10.9 Å². The van der Waals surface area contributed by atoms with E-state index >= 15 is 0 Å². The Morgan fingerprint density at radius 3 is 3.06 bits per heavy atom. The minimum Gasteiger partial charge on any atom is -0.388 e. The fourth-order valence-electron chi connectivity index (χ4n) is 1.70. The number of nitrogens with zero attached hydrogens (tertiary/aromatic N) is 1. The van der Waals surface area contributed by atoms with E-state index in [1.807, 2.05) is 30.3 Å². The molecule has 0 aliphatic carbocycles. The molecule has 0 amide bonds. The molecule has 0 aliphatic heterocycles. The van der Waals surface area contributed by atoms with Crippen LogP contribution in [-0.2, 0) is 0 Å². The van der Waals surface area contributed by atoms with Gasteiger partial charge in [0.25, 0.3) is 0 Å². The van der Waals surface area contributed by atoms with E-state index in [4.69, 9.17) is 0 Å². The molecule has 16 heavy (non-hydrogen) atoms. The summed E-state index contributed by atoms with van der Waals surface area (Å²) in [5.74, 6) is 0.978. The summed E-state index contributed by atoms with van der Waals surface area (Å²) in [6.45, 7) is 0. The highest BCUT2D eigenvalue weighted by Gasteiger charge is 2.07. The van der Waals surface area contributed by atoms with E-state index in [-0.39, 0.29) is 6.10 Å². The van der Waals surface area contributed by atoms with E-state index in [9.17, 15) is 5.11 Å². The van der Waals surface area contributed by atoms with Crippen molar-refractivity contribution in [3.05, 3.63) is 42.1 Å². The Kier molecular flexibility index (Phi) is 3.80. The zero-order chi connectivity index (χ0) is 11.4. The summed E-state index contributed by atoms with van der Waals surface area (Å²) >= 11 is 1.76. The van der Waals surface area contributed by atoms with E-state index in [0.717, 1.165) is 28.6 Å². The van der Waals surface area contributed by atoms with Crippen LogP contribution in [0.2, 0.25) is 0 Å². The van der Waals surface area contributed by atoms with Crippen LogP contribution < -0.4 is 0 Å². The monoisotopic (exact) mass is 233 g/mol. The van der Waals surface area contributed by atoms with Gasteiger partial charge in [-0.05, 0) is 42.2 Å². The zero-order valence-corrected chi connectivity index (χ0v) is 10.1. The van der Waals surface area contributed by atoms with Gasteiger partial charge in [0.2, 0.25) is 0 Å². The summed E-state index contributed by atoms with van der Waals surface area (Å²) in [5.41, 5.74) is 1.96. The minimum atomic E-state index is -0.364. The van der Waals surface area contributed by atoms with Gasteiger partial charge in [-0.3, -0.25) is 4.98 Å². The Morgan fingerprint density at radius 1 is 1.38 bits per heavy atom. The summed E-state index contributed by atoms with van der Waals surface area (Å²) in [6, 6.07) is 9.88. The highest BCUT2D eigenvalue weighted by Crippen LogP contribution is 2.22. The summed E-state index contributed by atoms with van der Waals surface area (Å²) in [4.78, 5) is 4.26. The maximum Gasteiger partial charge on any atom is 0.0798 e. The molecule has 84 valence electrons. The van der Waals surface area contributed by atoms with Gasteiger partial charge in [-0.1, -0.05) is 12.1 Å². The maximum atomic E-state index is 9.98. The quantitative estimate of drug-likeness (QED) is 0.881. The van der Waals surface area contributed by atoms with Crippen molar-refractivity contribution in [2.75, 3.05) is 12.0 Å². The highest BCUT2D eigenvalue weighted by atomic mass is 32.2. The summed E-state index contributed by atoms with van der Waals surface area (Å²) in [7, 11) is 0. The van der Waals surface area contributed by atoms with Crippen LogP contribution in [0, 0.1) is 0 Å². The molecule has 1 aromatic carbocycles. The van der Waals surface area contributed by atoms with Gasteiger partial charge >= 0.3 is 0 Å². The molecule has 0 radical (unpaired) electrons. The number of fused-ring (bicyclic) bond motifs is 1. The Hall–Kier alpha value is -1.06. The number of aromatic nitrogens is 1. The van der Waals surface area contributed by atoms with Crippen LogP contribution >= 0.6 is 11.8 Å². The fraction of sp³-hybridized carbons (Fsp3) is 0.308. The van der Waals surface area contributed by atoms with Crippen molar-refractivity contribution in [2.24, 2.45) is 0 Å².